The van der Waals surface area contributed by atoms with Gasteiger partial charge in [0, 0.05) is 33.4 Å². The van der Waals surface area contributed by atoms with Crippen LogP contribution in [-0.2, 0) is 14.2 Å². The zero-order valence-electron chi connectivity index (χ0n) is 9.36. The molecule has 0 aromatic carbocycles. The SMILES string of the molecule is COCCN(CC1CO1)C(C)COC. The number of nitrogens with zero attached hydrogens (tertiary/aromatic N) is 1. The average molecular weight is 203 g/mol. The predicted octanol–water partition coefficient (Wildman–Crippen LogP) is 0.369. The van der Waals surface area contributed by atoms with Gasteiger partial charge in [0.2, 0.25) is 0 Å². The largest absolute Gasteiger partial charge is 0.383 e. The Kier molecular flexibility index (Phi) is 5.40. The third-order valence-electron chi connectivity index (χ3n) is 2.45. The van der Waals surface area contributed by atoms with E-state index in [1.807, 2.05) is 0 Å². The van der Waals surface area contributed by atoms with Crippen molar-refractivity contribution in [1.82, 2.24) is 4.90 Å². The molecule has 2 unspecified atom stereocenters. The van der Waals surface area contributed by atoms with Crippen LogP contribution in [0.4, 0.5) is 0 Å². The van der Waals surface area contributed by atoms with Crippen LogP contribution in [0.2, 0.25) is 0 Å². The summed E-state index contributed by atoms with van der Waals surface area (Å²) in [7, 11) is 3.46. The average Bonchev–Trinajstić information content (AvgIpc) is 2.96. The fourth-order valence-corrected chi connectivity index (χ4v) is 1.48. The zero-order valence-corrected chi connectivity index (χ0v) is 9.36. The van der Waals surface area contributed by atoms with Gasteiger partial charge < -0.3 is 14.2 Å². The molecule has 0 radical (unpaired) electrons. The van der Waals surface area contributed by atoms with Gasteiger partial charge >= 0.3 is 0 Å². The minimum absolute atomic E-state index is 0.430. The number of hydrogen-bond acceptors (Lipinski definition) is 4. The Morgan fingerprint density at radius 1 is 1.43 bits per heavy atom. The predicted molar refractivity (Wildman–Crippen MR) is 54.5 cm³/mol. The Hall–Kier alpha value is -0.160. The lowest BCUT2D eigenvalue weighted by Gasteiger charge is -2.27. The summed E-state index contributed by atoms with van der Waals surface area (Å²) in [4.78, 5) is 2.35. The van der Waals surface area contributed by atoms with Gasteiger partial charge in [0.25, 0.3) is 0 Å². The van der Waals surface area contributed by atoms with Crippen molar-refractivity contribution in [1.29, 1.82) is 0 Å². The minimum Gasteiger partial charge on any atom is -0.383 e. The molecule has 0 amide bonds. The molecule has 1 heterocycles. The molecule has 2 atom stereocenters. The van der Waals surface area contributed by atoms with E-state index >= 15 is 0 Å². The quantitative estimate of drug-likeness (QED) is 0.534. The molecule has 0 aliphatic carbocycles. The molecule has 1 aliphatic heterocycles. The van der Waals surface area contributed by atoms with Gasteiger partial charge in [-0.2, -0.15) is 0 Å². The molecule has 1 aliphatic rings. The molecule has 14 heavy (non-hydrogen) atoms. The molecule has 0 spiro atoms. The van der Waals surface area contributed by atoms with E-state index in [0.29, 0.717) is 12.1 Å². The summed E-state index contributed by atoms with van der Waals surface area (Å²) in [5, 5.41) is 0. The third kappa shape index (κ3) is 4.37. The summed E-state index contributed by atoms with van der Waals surface area (Å²) in [6.07, 6.45) is 0.436. The summed E-state index contributed by atoms with van der Waals surface area (Å²) < 4.78 is 15.4. The molecule has 0 N–H and O–H groups in total. The highest BCUT2D eigenvalue weighted by Crippen LogP contribution is 2.12. The highest BCUT2D eigenvalue weighted by molar-refractivity contribution is 4.77. The van der Waals surface area contributed by atoms with Gasteiger partial charge in [0.1, 0.15) is 0 Å². The van der Waals surface area contributed by atoms with Crippen molar-refractivity contribution in [3.05, 3.63) is 0 Å². The van der Waals surface area contributed by atoms with E-state index in [9.17, 15) is 0 Å². The van der Waals surface area contributed by atoms with Crippen LogP contribution in [0.5, 0.6) is 0 Å². The molecule has 4 heteroatoms. The van der Waals surface area contributed by atoms with Crippen LogP contribution in [0.3, 0.4) is 0 Å². The standard InChI is InChI=1S/C10H21NO3/c1-9(7-13-3)11(4-5-12-2)6-10-8-14-10/h9-10H,4-8H2,1-3H3. The Balaban J connectivity index is 2.25. The van der Waals surface area contributed by atoms with Crippen LogP contribution in [0.1, 0.15) is 6.92 Å². The van der Waals surface area contributed by atoms with Crippen molar-refractivity contribution in [2.75, 3.05) is 47.1 Å². The molecule has 1 saturated heterocycles. The highest BCUT2D eigenvalue weighted by Gasteiger charge is 2.27. The van der Waals surface area contributed by atoms with E-state index in [1.165, 1.54) is 0 Å². The van der Waals surface area contributed by atoms with Gasteiger partial charge in [-0.25, -0.2) is 0 Å². The second-order valence-electron chi connectivity index (χ2n) is 3.75. The molecule has 1 rings (SSSR count). The molecule has 0 aromatic rings. The first-order valence-electron chi connectivity index (χ1n) is 5.11. The van der Waals surface area contributed by atoms with Crippen LogP contribution < -0.4 is 0 Å². The van der Waals surface area contributed by atoms with Crippen molar-refractivity contribution in [2.24, 2.45) is 0 Å². The first-order valence-corrected chi connectivity index (χ1v) is 5.11. The molecular weight excluding hydrogens is 182 g/mol. The van der Waals surface area contributed by atoms with Crippen LogP contribution in [0.15, 0.2) is 0 Å². The van der Waals surface area contributed by atoms with E-state index in [-0.39, 0.29) is 0 Å². The van der Waals surface area contributed by atoms with E-state index in [1.54, 1.807) is 14.2 Å². The van der Waals surface area contributed by atoms with E-state index in [0.717, 1.165) is 32.9 Å². The summed E-state index contributed by atoms with van der Waals surface area (Å²) >= 11 is 0. The van der Waals surface area contributed by atoms with Gasteiger partial charge in [-0.15, -0.1) is 0 Å². The smallest absolute Gasteiger partial charge is 0.0936 e. The Labute approximate surface area is 86.1 Å². The number of epoxide rings is 1. The molecular formula is C10H21NO3. The maximum absolute atomic E-state index is 5.22. The third-order valence-corrected chi connectivity index (χ3v) is 2.45. The summed E-state index contributed by atoms with van der Waals surface area (Å²) in [6.45, 7) is 6.54. The van der Waals surface area contributed by atoms with Crippen molar-refractivity contribution in [3.63, 3.8) is 0 Å². The fourth-order valence-electron chi connectivity index (χ4n) is 1.48. The van der Waals surface area contributed by atoms with Crippen LogP contribution in [0, 0.1) is 0 Å². The topological polar surface area (TPSA) is 34.2 Å². The lowest BCUT2D eigenvalue weighted by molar-refractivity contribution is 0.0706. The first kappa shape index (κ1) is 11.9. The van der Waals surface area contributed by atoms with E-state index in [2.05, 4.69) is 11.8 Å². The zero-order chi connectivity index (χ0) is 10.4. The molecule has 1 fully saturated rings. The summed E-state index contributed by atoms with van der Waals surface area (Å²) in [6, 6.07) is 0.430. The summed E-state index contributed by atoms with van der Waals surface area (Å²) in [5.41, 5.74) is 0. The molecule has 0 aromatic heterocycles. The van der Waals surface area contributed by atoms with Gasteiger partial charge in [-0.1, -0.05) is 0 Å². The van der Waals surface area contributed by atoms with Gasteiger partial charge in [-0.3, -0.25) is 4.90 Å². The molecule has 0 bridgehead atoms. The number of methoxy groups -OCH3 is 2. The molecule has 84 valence electrons. The van der Waals surface area contributed by atoms with Crippen LogP contribution >= 0.6 is 0 Å². The maximum Gasteiger partial charge on any atom is 0.0936 e. The van der Waals surface area contributed by atoms with Crippen LogP contribution in [-0.4, -0.2) is 64.2 Å². The second kappa shape index (κ2) is 6.35. The van der Waals surface area contributed by atoms with Crippen molar-refractivity contribution >= 4 is 0 Å². The summed E-state index contributed by atoms with van der Waals surface area (Å²) in [5.74, 6) is 0. The van der Waals surface area contributed by atoms with E-state index in [4.69, 9.17) is 14.2 Å². The number of hydrogen-bond donors (Lipinski definition) is 0. The Morgan fingerprint density at radius 3 is 2.64 bits per heavy atom. The Bertz CT molecular complexity index is 150. The Morgan fingerprint density at radius 2 is 2.14 bits per heavy atom. The number of rotatable bonds is 8. The van der Waals surface area contributed by atoms with Crippen molar-refractivity contribution < 1.29 is 14.2 Å². The van der Waals surface area contributed by atoms with Gasteiger partial charge in [0.15, 0.2) is 0 Å². The van der Waals surface area contributed by atoms with E-state index < -0.39 is 0 Å². The monoisotopic (exact) mass is 203 g/mol. The molecule has 0 saturated carbocycles. The second-order valence-corrected chi connectivity index (χ2v) is 3.75. The van der Waals surface area contributed by atoms with Crippen molar-refractivity contribution in [3.8, 4) is 0 Å². The number of ether oxygens (including phenoxy) is 3. The normalized spacial score (nSPS) is 22.7. The maximum atomic E-state index is 5.22. The van der Waals surface area contributed by atoms with Crippen molar-refractivity contribution in [2.45, 2.75) is 19.1 Å². The lowest BCUT2D eigenvalue weighted by Crippen LogP contribution is -2.40. The minimum atomic E-state index is 0.430. The van der Waals surface area contributed by atoms with Crippen LogP contribution in [0.25, 0.3) is 0 Å². The van der Waals surface area contributed by atoms with Gasteiger partial charge in [0.05, 0.1) is 25.9 Å². The molecule has 4 nitrogen and oxygen atoms in total. The highest BCUT2D eigenvalue weighted by atomic mass is 16.6. The fraction of sp³-hybridized carbons (Fsp3) is 1.00. The first-order chi connectivity index (χ1) is 6.77. The van der Waals surface area contributed by atoms with Gasteiger partial charge in [-0.05, 0) is 6.92 Å². The lowest BCUT2D eigenvalue weighted by atomic mass is 10.2.